The van der Waals surface area contributed by atoms with Crippen molar-refractivity contribution in [2.75, 3.05) is 11.9 Å². The van der Waals surface area contributed by atoms with Crippen LogP contribution in [0.4, 0.5) is 5.13 Å². The molecule has 0 aliphatic carbocycles. The third kappa shape index (κ3) is 4.28. The minimum absolute atomic E-state index is 0.00241. The van der Waals surface area contributed by atoms with Gasteiger partial charge in [-0.1, -0.05) is 17.4 Å². The van der Waals surface area contributed by atoms with Crippen LogP contribution in [0.2, 0.25) is 0 Å². The molecule has 0 saturated carbocycles. The number of hydrogen-bond acceptors (Lipinski definition) is 6. The maximum absolute atomic E-state index is 13.3. The second-order valence-electron chi connectivity index (χ2n) is 5.97. The summed E-state index contributed by atoms with van der Waals surface area (Å²) in [5.41, 5.74) is 2.86. The molecule has 1 amide bonds. The molecule has 0 aliphatic heterocycles. The van der Waals surface area contributed by atoms with Crippen LogP contribution < -0.4 is 5.32 Å². The zero-order valence-corrected chi connectivity index (χ0v) is 16.8. The topological polar surface area (TPSA) is 58.1 Å². The summed E-state index contributed by atoms with van der Waals surface area (Å²) >= 11 is 3.10. The molecule has 0 radical (unpaired) electrons. The van der Waals surface area contributed by atoms with Gasteiger partial charge in [-0.15, -0.1) is 11.3 Å². The zero-order chi connectivity index (χ0) is 18.5. The van der Waals surface area contributed by atoms with E-state index >= 15 is 0 Å². The largest absolute Gasteiger partial charge is 0.362 e. The number of thiophene rings is 1. The predicted octanol–water partition coefficient (Wildman–Crippen LogP) is 4.49. The van der Waals surface area contributed by atoms with E-state index in [1.54, 1.807) is 17.5 Å². The molecule has 0 saturated heterocycles. The van der Waals surface area contributed by atoms with Gasteiger partial charge in [0.2, 0.25) is 0 Å². The number of aryl methyl sites for hydroxylation is 2. The number of nitrogens with one attached hydrogen (secondary N) is 1. The van der Waals surface area contributed by atoms with E-state index in [0.29, 0.717) is 18.0 Å². The fourth-order valence-electron chi connectivity index (χ4n) is 2.59. The molecule has 3 aromatic rings. The number of carbonyl (C=O) groups excluding carboxylic acids is 1. The Kier molecular flexibility index (Phi) is 6.00. The Labute approximate surface area is 161 Å². The number of amides is 1. The monoisotopic (exact) mass is 386 g/mol. The van der Waals surface area contributed by atoms with Gasteiger partial charge in [0, 0.05) is 17.6 Å². The third-order valence-electron chi connectivity index (χ3n) is 3.99. The quantitative estimate of drug-likeness (QED) is 0.650. The van der Waals surface area contributed by atoms with Gasteiger partial charge in [-0.25, -0.2) is 4.98 Å². The summed E-state index contributed by atoms with van der Waals surface area (Å²) in [6.45, 7) is 7.83. The lowest BCUT2D eigenvalue weighted by atomic mass is 10.2. The van der Waals surface area contributed by atoms with Crippen LogP contribution in [0, 0.1) is 13.8 Å². The highest BCUT2D eigenvalue weighted by atomic mass is 32.1. The normalized spacial score (nSPS) is 10.7. The number of carbonyl (C=O) groups is 1. The van der Waals surface area contributed by atoms with Crippen molar-refractivity contribution in [1.29, 1.82) is 0 Å². The maximum atomic E-state index is 13.3. The molecule has 136 valence electrons. The van der Waals surface area contributed by atoms with Crippen molar-refractivity contribution in [2.24, 2.45) is 0 Å². The Hall–Kier alpha value is -2.25. The van der Waals surface area contributed by atoms with Crippen LogP contribution in [0.15, 0.2) is 35.8 Å². The van der Waals surface area contributed by atoms with Crippen molar-refractivity contribution in [3.63, 3.8) is 0 Å². The van der Waals surface area contributed by atoms with E-state index in [2.05, 4.69) is 33.7 Å². The number of anilines is 1. The lowest BCUT2D eigenvalue weighted by molar-refractivity contribution is 0.0733. The van der Waals surface area contributed by atoms with Gasteiger partial charge < -0.3 is 10.2 Å². The SMILES string of the molecule is CCNc1nc(C)c(C(=O)N(Cc2ccccn2)Cc2sccc2C)s1. The Bertz CT molecular complexity index is 873. The van der Waals surface area contributed by atoms with Crippen LogP contribution in [0.3, 0.4) is 0 Å². The van der Waals surface area contributed by atoms with Crippen LogP contribution in [0.1, 0.15) is 38.4 Å². The summed E-state index contributed by atoms with van der Waals surface area (Å²) in [5.74, 6) is 0.00241. The molecule has 3 heterocycles. The number of aromatic nitrogens is 2. The molecule has 0 spiro atoms. The van der Waals surface area contributed by atoms with Crippen molar-refractivity contribution in [1.82, 2.24) is 14.9 Å². The Morgan fingerprint density at radius 3 is 2.73 bits per heavy atom. The van der Waals surface area contributed by atoms with E-state index < -0.39 is 0 Å². The van der Waals surface area contributed by atoms with Gasteiger partial charge in [0.1, 0.15) is 4.88 Å². The van der Waals surface area contributed by atoms with Gasteiger partial charge in [0.05, 0.1) is 24.5 Å². The van der Waals surface area contributed by atoms with E-state index in [-0.39, 0.29) is 5.91 Å². The standard InChI is InChI=1S/C19H22N4OS2/c1-4-20-19-22-14(3)17(26-19)18(24)23(11-15-7-5-6-9-21-15)12-16-13(2)8-10-25-16/h5-10H,4,11-12H2,1-3H3,(H,20,22). The number of nitrogens with zero attached hydrogens (tertiary/aromatic N) is 3. The van der Waals surface area contributed by atoms with Crippen molar-refractivity contribution in [3.05, 3.63) is 62.5 Å². The van der Waals surface area contributed by atoms with E-state index in [9.17, 15) is 4.79 Å². The molecule has 0 fully saturated rings. The maximum Gasteiger partial charge on any atom is 0.266 e. The predicted molar refractivity (Wildman–Crippen MR) is 108 cm³/mol. The van der Waals surface area contributed by atoms with Crippen LogP contribution in [0.5, 0.6) is 0 Å². The Morgan fingerprint density at radius 2 is 2.08 bits per heavy atom. The molecule has 3 aromatic heterocycles. The minimum Gasteiger partial charge on any atom is -0.362 e. The summed E-state index contributed by atoms with van der Waals surface area (Å²) in [4.78, 5) is 25.9. The van der Waals surface area contributed by atoms with E-state index in [1.165, 1.54) is 21.8 Å². The third-order valence-corrected chi connectivity index (χ3v) is 6.10. The number of rotatable bonds is 7. The first-order chi connectivity index (χ1) is 12.6. The van der Waals surface area contributed by atoms with Gasteiger partial charge in [0.15, 0.2) is 5.13 Å². The van der Waals surface area contributed by atoms with E-state index in [4.69, 9.17) is 0 Å². The molecule has 0 aliphatic rings. The summed E-state index contributed by atoms with van der Waals surface area (Å²) < 4.78 is 0. The fourth-order valence-corrected chi connectivity index (χ4v) is 4.51. The number of hydrogen-bond donors (Lipinski definition) is 1. The number of pyridine rings is 1. The molecule has 0 aromatic carbocycles. The van der Waals surface area contributed by atoms with Gasteiger partial charge in [-0.2, -0.15) is 0 Å². The second kappa shape index (κ2) is 8.42. The molecule has 0 atom stereocenters. The Morgan fingerprint density at radius 1 is 1.23 bits per heavy atom. The van der Waals surface area contributed by atoms with Crippen molar-refractivity contribution < 1.29 is 4.79 Å². The lowest BCUT2D eigenvalue weighted by Gasteiger charge is -2.22. The van der Waals surface area contributed by atoms with Gasteiger partial charge in [-0.05, 0) is 49.9 Å². The van der Waals surface area contributed by atoms with Crippen LogP contribution in [-0.2, 0) is 13.1 Å². The van der Waals surface area contributed by atoms with Crippen LogP contribution in [-0.4, -0.2) is 27.3 Å². The first-order valence-corrected chi connectivity index (χ1v) is 10.2. The highest BCUT2D eigenvalue weighted by Crippen LogP contribution is 2.26. The molecular weight excluding hydrogens is 364 g/mol. The summed E-state index contributed by atoms with van der Waals surface area (Å²) in [5, 5.41) is 6.05. The molecular formula is C19H22N4OS2. The van der Waals surface area contributed by atoms with Gasteiger partial charge in [0.25, 0.3) is 5.91 Å². The zero-order valence-electron chi connectivity index (χ0n) is 15.2. The summed E-state index contributed by atoms with van der Waals surface area (Å²) in [6, 6.07) is 7.87. The number of thiazole rings is 1. The van der Waals surface area contributed by atoms with Crippen LogP contribution >= 0.6 is 22.7 Å². The highest BCUT2D eigenvalue weighted by molar-refractivity contribution is 7.17. The smallest absolute Gasteiger partial charge is 0.266 e. The summed E-state index contributed by atoms with van der Waals surface area (Å²) in [7, 11) is 0. The van der Waals surface area contributed by atoms with E-state index in [1.807, 2.05) is 36.9 Å². The van der Waals surface area contributed by atoms with Crippen molar-refractivity contribution >= 4 is 33.7 Å². The van der Waals surface area contributed by atoms with Crippen molar-refractivity contribution in [3.8, 4) is 0 Å². The average molecular weight is 387 g/mol. The molecule has 3 rings (SSSR count). The lowest BCUT2D eigenvalue weighted by Crippen LogP contribution is -2.30. The molecule has 0 unspecified atom stereocenters. The molecule has 0 bridgehead atoms. The van der Waals surface area contributed by atoms with E-state index in [0.717, 1.165) is 23.1 Å². The molecule has 7 heteroatoms. The molecule has 5 nitrogen and oxygen atoms in total. The van der Waals surface area contributed by atoms with Crippen molar-refractivity contribution in [2.45, 2.75) is 33.9 Å². The minimum atomic E-state index is 0.00241. The fraction of sp³-hybridized carbons (Fsp3) is 0.316. The summed E-state index contributed by atoms with van der Waals surface area (Å²) in [6.07, 6.45) is 1.76. The first kappa shape index (κ1) is 18.5. The van der Waals surface area contributed by atoms with Gasteiger partial charge in [-0.3, -0.25) is 9.78 Å². The molecule has 26 heavy (non-hydrogen) atoms. The Balaban J connectivity index is 1.88. The van der Waals surface area contributed by atoms with Gasteiger partial charge >= 0.3 is 0 Å². The first-order valence-electron chi connectivity index (χ1n) is 8.52. The molecule has 1 N–H and O–H groups in total. The second-order valence-corrected chi connectivity index (χ2v) is 7.97. The highest BCUT2D eigenvalue weighted by Gasteiger charge is 2.23. The average Bonchev–Trinajstić information content (AvgIpc) is 3.20. The van der Waals surface area contributed by atoms with Crippen LogP contribution in [0.25, 0.3) is 0 Å².